The number of benzene rings is 1. The van der Waals surface area contributed by atoms with Crippen LogP contribution in [0.5, 0.6) is 0 Å². The first kappa shape index (κ1) is 16.3. The van der Waals surface area contributed by atoms with Crippen molar-refractivity contribution in [1.29, 1.82) is 0 Å². The molecule has 0 spiro atoms. The van der Waals surface area contributed by atoms with Gasteiger partial charge in [0.1, 0.15) is 0 Å². The van der Waals surface area contributed by atoms with Crippen LogP contribution in [0.4, 0.5) is 10.1 Å². The van der Waals surface area contributed by atoms with Gasteiger partial charge in [-0.15, -0.1) is 11.3 Å². The van der Waals surface area contributed by atoms with Crippen LogP contribution in [0.1, 0.15) is 28.9 Å². The fourth-order valence-corrected chi connectivity index (χ4v) is 3.19. The molecule has 1 aromatic carbocycles. The first-order valence-electron chi connectivity index (χ1n) is 7.41. The Labute approximate surface area is 143 Å². The van der Waals surface area contributed by atoms with E-state index < -0.39 is 5.95 Å². The fourth-order valence-electron chi connectivity index (χ4n) is 2.42. The number of hydrogen-bond acceptors (Lipinski definition) is 4. The lowest BCUT2D eigenvalue weighted by Gasteiger charge is -2.14. The first-order chi connectivity index (χ1) is 11.5. The van der Waals surface area contributed by atoms with Gasteiger partial charge in [-0.05, 0) is 47.7 Å². The van der Waals surface area contributed by atoms with E-state index in [-0.39, 0.29) is 11.9 Å². The predicted octanol–water partition coefficient (Wildman–Crippen LogP) is 4.22. The van der Waals surface area contributed by atoms with Gasteiger partial charge >= 0.3 is 0 Å². The molecule has 3 rings (SSSR count). The Hall–Kier alpha value is -2.57. The molecular formula is C18H16FN3OS. The third-order valence-corrected chi connectivity index (χ3v) is 4.48. The van der Waals surface area contributed by atoms with E-state index in [4.69, 9.17) is 5.73 Å². The zero-order valence-electron chi connectivity index (χ0n) is 13.0. The van der Waals surface area contributed by atoms with E-state index >= 15 is 0 Å². The molecule has 122 valence electrons. The van der Waals surface area contributed by atoms with Gasteiger partial charge in [-0.3, -0.25) is 4.79 Å². The van der Waals surface area contributed by atoms with Gasteiger partial charge in [0.15, 0.2) is 0 Å². The summed E-state index contributed by atoms with van der Waals surface area (Å²) in [5.41, 5.74) is 8.81. The summed E-state index contributed by atoms with van der Waals surface area (Å²) in [6.45, 7) is 1.91. The van der Waals surface area contributed by atoms with Crippen LogP contribution in [0.2, 0.25) is 0 Å². The van der Waals surface area contributed by atoms with E-state index in [1.807, 2.05) is 36.6 Å². The van der Waals surface area contributed by atoms with Gasteiger partial charge in [0.05, 0.1) is 0 Å². The van der Waals surface area contributed by atoms with Crippen LogP contribution in [0.25, 0.3) is 10.4 Å². The molecule has 0 unspecified atom stereocenters. The number of nitrogens with two attached hydrogens (primary N) is 1. The Morgan fingerprint density at radius 1 is 1.29 bits per heavy atom. The number of anilines is 1. The number of aromatic nitrogens is 1. The van der Waals surface area contributed by atoms with Crippen molar-refractivity contribution in [3.8, 4) is 10.4 Å². The van der Waals surface area contributed by atoms with E-state index in [1.54, 1.807) is 17.4 Å². The highest BCUT2D eigenvalue weighted by Crippen LogP contribution is 2.32. The zero-order chi connectivity index (χ0) is 17.1. The lowest BCUT2D eigenvalue weighted by Crippen LogP contribution is -2.13. The molecule has 1 atom stereocenters. The highest BCUT2D eigenvalue weighted by atomic mass is 32.1. The lowest BCUT2D eigenvalue weighted by atomic mass is 9.98. The average Bonchev–Trinajstić information content (AvgIpc) is 3.08. The summed E-state index contributed by atoms with van der Waals surface area (Å²) in [6, 6.07) is 11.9. The predicted molar refractivity (Wildman–Crippen MR) is 94.5 cm³/mol. The molecule has 2 heterocycles. The van der Waals surface area contributed by atoms with Crippen LogP contribution in [0.15, 0.2) is 54.0 Å². The number of hydrogen-bond donors (Lipinski definition) is 2. The molecule has 0 saturated carbocycles. The van der Waals surface area contributed by atoms with Gasteiger partial charge in [0, 0.05) is 34.4 Å². The lowest BCUT2D eigenvalue weighted by molar-refractivity contribution is 0.102. The van der Waals surface area contributed by atoms with Crippen LogP contribution in [-0.2, 0) is 0 Å². The molecule has 0 fully saturated rings. The highest BCUT2D eigenvalue weighted by molar-refractivity contribution is 7.13. The number of carbonyl (C=O) groups is 1. The van der Waals surface area contributed by atoms with E-state index in [0.717, 1.165) is 16.0 Å². The molecule has 4 nitrogen and oxygen atoms in total. The largest absolute Gasteiger partial charge is 0.324 e. The molecular weight excluding hydrogens is 325 g/mol. The van der Waals surface area contributed by atoms with Crippen molar-refractivity contribution in [3.63, 3.8) is 0 Å². The van der Waals surface area contributed by atoms with Crippen molar-refractivity contribution in [2.45, 2.75) is 13.0 Å². The number of pyridine rings is 1. The maximum atomic E-state index is 13.1. The minimum atomic E-state index is -0.639. The SMILES string of the molecule is C[C@@H](N)c1ccc(C(=O)Nc2ccnc(F)c2)cc1-c1cccs1. The van der Waals surface area contributed by atoms with Gasteiger partial charge in [0.25, 0.3) is 5.91 Å². The Bertz CT molecular complexity index is 862. The second-order valence-electron chi connectivity index (χ2n) is 5.39. The van der Waals surface area contributed by atoms with Crippen LogP contribution in [0, 0.1) is 5.95 Å². The summed E-state index contributed by atoms with van der Waals surface area (Å²) < 4.78 is 13.1. The molecule has 0 aliphatic carbocycles. The molecule has 0 aliphatic heterocycles. The standard InChI is InChI=1S/C18H16FN3OS/c1-11(20)14-5-4-12(9-15(14)16-3-2-8-24-16)18(23)22-13-6-7-21-17(19)10-13/h2-11H,20H2,1H3,(H,21,22,23)/t11-/m1/s1. The molecule has 3 aromatic rings. The quantitative estimate of drug-likeness (QED) is 0.698. The zero-order valence-corrected chi connectivity index (χ0v) is 13.8. The molecule has 0 bridgehead atoms. The van der Waals surface area contributed by atoms with Crippen LogP contribution >= 0.6 is 11.3 Å². The summed E-state index contributed by atoms with van der Waals surface area (Å²) in [4.78, 5) is 17.0. The van der Waals surface area contributed by atoms with Crippen molar-refractivity contribution in [2.75, 3.05) is 5.32 Å². The van der Waals surface area contributed by atoms with Crippen molar-refractivity contribution < 1.29 is 9.18 Å². The summed E-state index contributed by atoms with van der Waals surface area (Å²) in [6.07, 6.45) is 1.31. The molecule has 3 N–H and O–H groups in total. The summed E-state index contributed by atoms with van der Waals surface area (Å²) >= 11 is 1.59. The third kappa shape index (κ3) is 3.50. The normalized spacial score (nSPS) is 12.0. The Kier molecular flexibility index (Phi) is 4.69. The maximum Gasteiger partial charge on any atom is 0.255 e. The van der Waals surface area contributed by atoms with Crippen molar-refractivity contribution in [2.24, 2.45) is 5.73 Å². The summed E-state index contributed by atoms with van der Waals surface area (Å²) in [5, 5.41) is 4.65. The van der Waals surface area contributed by atoms with E-state index in [1.165, 1.54) is 18.3 Å². The highest BCUT2D eigenvalue weighted by Gasteiger charge is 2.14. The minimum Gasteiger partial charge on any atom is -0.324 e. The number of amides is 1. The molecule has 0 aliphatic rings. The summed E-state index contributed by atoms with van der Waals surface area (Å²) in [7, 11) is 0. The Morgan fingerprint density at radius 3 is 2.79 bits per heavy atom. The first-order valence-corrected chi connectivity index (χ1v) is 8.29. The van der Waals surface area contributed by atoms with Gasteiger partial charge in [-0.2, -0.15) is 4.39 Å². The molecule has 0 saturated heterocycles. The van der Waals surface area contributed by atoms with Crippen LogP contribution in [-0.4, -0.2) is 10.9 Å². The number of nitrogens with one attached hydrogen (secondary N) is 1. The van der Waals surface area contributed by atoms with Crippen molar-refractivity contribution in [3.05, 3.63) is 71.1 Å². The Morgan fingerprint density at radius 2 is 2.12 bits per heavy atom. The number of thiophene rings is 1. The second-order valence-corrected chi connectivity index (χ2v) is 6.34. The molecule has 2 aromatic heterocycles. The number of rotatable bonds is 4. The topological polar surface area (TPSA) is 68.0 Å². The van der Waals surface area contributed by atoms with Gasteiger partial charge < -0.3 is 11.1 Å². The maximum absolute atomic E-state index is 13.1. The Balaban J connectivity index is 1.94. The fraction of sp³-hybridized carbons (Fsp3) is 0.111. The van der Waals surface area contributed by atoms with Crippen LogP contribution < -0.4 is 11.1 Å². The molecule has 1 amide bonds. The number of halogens is 1. The van der Waals surface area contributed by atoms with Crippen molar-refractivity contribution >= 4 is 22.9 Å². The summed E-state index contributed by atoms with van der Waals surface area (Å²) in [5.74, 6) is -0.950. The minimum absolute atomic E-state index is 0.145. The molecule has 6 heteroatoms. The van der Waals surface area contributed by atoms with Crippen molar-refractivity contribution in [1.82, 2.24) is 4.98 Å². The number of nitrogens with zero attached hydrogens (tertiary/aromatic N) is 1. The van der Waals surface area contributed by atoms with E-state index in [9.17, 15) is 9.18 Å². The van der Waals surface area contributed by atoms with E-state index in [2.05, 4.69) is 10.3 Å². The monoisotopic (exact) mass is 341 g/mol. The average molecular weight is 341 g/mol. The molecule has 24 heavy (non-hydrogen) atoms. The van der Waals surface area contributed by atoms with Crippen LogP contribution in [0.3, 0.4) is 0 Å². The smallest absolute Gasteiger partial charge is 0.255 e. The van der Waals surface area contributed by atoms with Gasteiger partial charge in [-0.1, -0.05) is 12.1 Å². The van der Waals surface area contributed by atoms with Gasteiger partial charge in [0.2, 0.25) is 5.95 Å². The number of carbonyl (C=O) groups excluding carboxylic acids is 1. The third-order valence-electron chi connectivity index (χ3n) is 3.58. The molecule has 0 radical (unpaired) electrons. The second kappa shape index (κ2) is 6.90. The van der Waals surface area contributed by atoms with Gasteiger partial charge in [-0.25, -0.2) is 4.98 Å². The van der Waals surface area contributed by atoms with E-state index in [0.29, 0.717) is 11.3 Å².